The van der Waals surface area contributed by atoms with Crippen molar-refractivity contribution in [3.8, 4) is 0 Å². The number of carbonyl (C=O) groups excluding carboxylic acids is 2. The summed E-state index contributed by atoms with van der Waals surface area (Å²) in [4.78, 5) is 22.6. The van der Waals surface area contributed by atoms with Crippen LogP contribution in [0, 0.1) is 0 Å². The van der Waals surface area contributed by atoms with E-state index in [9.17, 15) is 9.59 Å². The fraction of sp³-hybridized carbons (Fsp3) is 0.733. The first kappa shape index (κ1) is 17.7. The predicted molar refractivity (Wildman–Crippen MR) is 74.7 cm³/mol. The molecular formula is C15H26O4. The molecule has 0 amide bonds. The van der Waals surface area contributed by atoms with Gasteiger partial charge >= 0.3 is 11.9 Å². The van der Waals surface area contributed by atoms with E-state index in [1.807, 2.05) is 12.2 Å². The Kier molecular flexibility index (Phi) is 12.2. The zero-order valence-corrected chi connectivity index (χ0v) is 12.2. The summed E-state index contributed by atoms with van der Waals surface area (Å²) in [5.41, 5.74) is 0. The topological polar surface area (TPSA) is 52.6 Å². The monoisotopic (exact) mass is 270 g/mol. The molecule has 0 aliphatic carbocycles. The summed E-state index contributed by atoms with van der Waals surface area (Å²) in [7, 11) is 0. The van der Waals surface area contributed by atoms with Crippen molar-refractivity contribution in [3.05, 3.63) is 12.2 Å². The molecule has 19 heavy (non-hydrogen) atoms. The molecule has 0 aromatic rings. The number of esters is 2. The fourth-order valence-electron chi connectivity index (χ4n) is 1.41. The van der Waals surface area contributed by atoms with E-state index in [0.29, 0.717) is 13.2 Å². The average Bonchev–Trinajstić information content (AvgIpc) is 2.41. The van der Waals surface area contributed by atoms with E-state index >= 15 is 0 Å². The standard InChI is InChI=1S/C15H26O4/c1-3-5-7-9-13-19-15(17)11-10-14(16)18-12-8-6-4-2/h5,7H,3-4,6,8-13H2,1-2H3/b7-5-. The molecule has 0 atom stereocenters. The second kappa shape index (κ2) is 13.1. The first-order chi connectivity index (χ1) is 9.20. The van der Waals surface area contributed by atoms with Gasteiger partial charge in [0.2, 0.25) is 0 Å². The molecule has 4 nitrogen and oxygen atoms in total. The lowest BCUT2D eigenvalue weighted by Gasteiger charge is -2.04. The molecule has 0 bridgehead atoms. The number of hydrogen-bond donors (Lipinski definition) is 0. The van der Waals surface area contributed by atoms with Crippen LogP contribution in [0.1, 0.15) is 58.8 Å². The van der Waals surface area contributed by atoms with Crippen molar-refractivity contribution in [1.29, 1.82) is 0 Å². The summed E-state index contributed by atoms with van der Waals surface area (Å²) < 4.78 is 9.98. The van der Waals surface area contributed by atoms with Crippen molar-refractivity contribution >= 4 is 11.9 Å². The molecule has 0 rings (SSSR count). The van der Waals surface area contributed by atoms with Gasteiger partial charge in [-0.3, -0.25) is 9.59 Å². The first-order valence-corrected chi connectivity index (χ1v) is 7.16. The molecule has 0 saturated carbocycles. The highest BCUT2D eigenvalue weighted by Crippen LogP contribution is 2.00. The van der Waals surface area contributed by atoms with Crippen LogP contribution in [-0.2, 0) is 19.1 Å². The summed E-state index contributed by atoms with van der Waals surface area (Å²) in [6, 6.07) is 0. The lowest BCUT2D eigenvalue weighted by Crippen LogP contribution is -2.11. The van der Waals surface area contributed by atoms with Crippen LogP contribution < -0.4 is 0 Å². The van der Waals surface area contributed by atoms with E-state index in [1.165, 1.54) is 0 Å². The maximum absolute atomic E-state index is 11.3. The van der Waals surface area contributed by atoms with Crippen LogP contribution in [0.4, 0.5) is 0 Å². The Morgan fingerprint density at radius 3 is 2.11 bits per heavy atom. The Bertz CT molecular complexity index is 271. The molecule has 0 N–H and O–H groups in total. The minimum absolute atomic E-state index is 0.101. The number of unbranched alkanes of at least 4 members (excludes halogenated alkanes) is 2. The molecule has 0 aliphatic heterocycles. The molecule has 0 radical (unpaired) electrons. The van der Waals surface area contributed by atoms with E-state index in [4.69, 9.17) is 9.47 Å². The first-order valence-electron chi connectivity index (χ1n) is 7.16. The quantitative estimate of drug-likeness (QED) is 0.328. The van der Waals surface area contributed by atoms with Crippen LogP contribution in [0.2, 0.25) is 0 Å². The Balaban J connectivity index is 3.45. The normalized spacial score (nSPS) is 10.6. The van der Waals surface area contributed by atoms with Gasteiger partial charge in [0.1, 0.15) is 0 Å². The molecule has 0 heterocycles. The summed E-state index contributed by atoms with van der Waals surface area (Å²) in [5, 5.41) is 0. The minimum atomic E-state index is -0.338. The van der Waals surface area contributed by atoms with E-state index < -0.39 is 0 Å². The zero-order chi connectivity index (χ0) is 14.3. The summed E-state index contributed by atoms with van der Waals surface area (Å²) in [6.45, 7) is 4.96. The third kappa shape index (κ3) is 12.9. The highest BCUT2D eigenvalue weighted by atomic mass is 16.5. The van der Waals surface area contributed by atoms with Crippen molar-refractivity contribution in [1.82, 2.24) is 0 Å². The number of rotatable bonds is 11. The second-order valence-corrected chi connectivity index (χ2v) is 4.32. The van der Waals surface area contributed by atoms with Crippen molar-refractivity contribution in [2.75, 3.05) is 13.2 Å². The van der Waals surface area contributed by atoms with Gasteiger partial charge in [-0.05, 0) is 19.3 Å². The number of hydrogen-bond acceptors (Lipinski definition) is 4. The van der Waals surface area contributed by atoms with Crippen molar-refractivity contribution in [2.24, 2.45) is 0 Å². The van der Waals surface area contributed by atoms with Gasteiger partial charge in [0.15, 0.2) is 0 Å². The summed E-state index contributed by atoms with van der Waals surface area (Å²) in [6.07, 6.45) is 8.96. The van der Waals surface area contributed by atoms with Crippen LogP contribution in [0.15, 0.2) is 12.2 Å². The second-order valence-electron chi connectivity index (χ2n) is 4.32. The Labute approximate surface area is 116 Å². The van der Waals surface area contributed by atoms with Gasteiger partial charge in [-0.1, -0.05) is 38.8 Å². The third-order valence-corrected chi connectivity index (χ3v) is 2.49. The predicted octanol–water partition coefficient (Wildman–Crippen LogP) is 3.40. The zero-order valence-electron chi connectivity index (χ0n) is 12.2. The number of carbonyl (C=O) groups is 2. The molecule has 0 aliphatic rings. The maximum atomic E-state index is 11.3. The number of allylic oxidation sites excluding steroid dienone is 1. The lowest BCUT2D eigenvalue weighted by molar-refractivity contribution is -0.150. The van der Waals surface area contributed by atoms with Gasteiger partial charge in [-0.15, -0.1) is 0 Å². The van der Waals surface area contributed by atoms with Gasteiger partial charge in [-0.2, -0.15) is 0 Å². The van der Waals surface area contributed by atoms with Crippen molar-refractivity contribution in [2.45, 2.75) is 58.8 Å². The molecule has 0 fully saturated rings. The minimum Gasteiger partial charge on any atom is -0.466 e. The largest absolute Gasteiger partial charge is 0.466 e. The molecule has 4 heteroatoms. The van der Waals surface area contributed by atoms with Crippen LogP contribution in [-0.4, -0.2) is 25.2 Å². The molecule has 0 aromatic carbocycles. The highest BCUT2D eigenvalue weighted by Gasteiger charge is 2.08. The third-order valence-electron chi connectivity index (χ3n) is 2.49. The lowest BCUT2D eigenvalue weighted by atomic mass is 10.3. The maximum Gasteiger partial charge on any atom is 0.306 e. The van der Waals surface area contributed by atoms with E-state index in [2.05, 4.69) is 13.8 Å². The fourth-order valence-corrected chi connectivity index (χ4v) is 1.41. The number of ether oxygens (including phenoxy) is 2. The van der Waals surface area contributed by atoms with E-state index in [1.54, 1.807) is 0 Å². The molecule has 110 valence electrons. The smallest absolute Gasteiger partial charge is 0.306 e. The van der Waals surface area contributed by atoms with Gasteiger partial charge < -0.3 is 9.47 Å². The summed E-state index contributed by atoms with van der Waals surface area (Å²) in [5.74, 6) is -0.658. The molecule has 0 unspecified atom stereocenters. The van der Waals surface area contributed by atoms with Crippen LogP contribution in [0.25, 0.3) is 0 Å². The van der Waals surface area contributed by atoms with Gasteiger partial charge in [-0.25, -0.2) is 0 Å². The Hall–Kier alpha value is -1.32. The molecule has 0 saturated heterocycles. The average molecular weight is 270 g/mol. The van der Waals surface area contributed by atoms with Crippen LogP contribution in [0.5, 0.6) is 0 Å². The van der Waals surface area contributed by atoms with Crippen LogP contribution >= 0.6 is 0 Å². The SMILES string of the molecule is CC/C=C\CCOC(=O)CCC(=O)OCCCCC. The van der Waals surface area contributed by atoms with Gasteiger partial charge in [0, 0.05) is 0 Å². The van der Waals surface area contributed by atoms with E-state index in [-0.39, 0.29) is 24.8 Å². The van der Waals surface area contributed by atoms with Crippen LogP contribution in [0.3, 0.4) is 0 Å². The Morgan fingerprint density at radius 2 is 1.53 bits per heavy atom. The van der Waals surface area contributed by atoms with Crippen molar-refractivity contribution in [3.63, 3.8) is 0 Å². The molecule has 0 aromatic heterocycles. The highest BCUT2D eigenvalue weighted by molar-refractivity contribution is 5.77. The summed E-state index contributed by atoms with van der Waals surface area (Å²) >= 11 is 0. The van der Waals surface area contributed by atoms with E-state index in [0.717, 1.165) is 32.1 Å². The molecule has 0 spiro atoms. The van der Waals surface area contributed by atoms with Crippen molar-refractivity contribution < 1.29 is 19.1 Å². The Morgan fingerprint density at radius 1 is 0.895 bits per heavy atom. The van der Waals surface area contributed by atoms with Gasteiger partial charge in [0.25, 0.3) is 0 Å². The van der Waals surface area contributed by atoms with Gasteiger partial charge in [0.05, 0.1) is 26.1 Å². The molecular weight excluding hydrogens is 244 g/mol.